The van der Waals surface area contributed by atoms with Crippen LogP contribution in [0.3, 0.4) is 0 Å². The summed E-state index contributed by atoms with van der Waals surface area (Å²) in [7, 11) is -5.27. The molecule has 96 valence electrons. The van der Waals surface area contributed by atoms with Crippen molar-refractivity contribution in [1.29, 1.82) is 0 Å². The Morgan fingerprint density at radius 3 is 2.12 bits per heavy atom. The number of nitrogens with one attached hydrogen (secondary N) is 1. The topological polar surface area (TPSA) is 72.2 Å². The van der Waals surface area contributed by atoms with Crippen LogP contribution in [0.4, 0.5) is 13.2 Å². The molecule has 1 rings (SSSR count). The highest BCUT2D eigenvalue weighted by atomic mass is 32.2. The van der Waals surface area contributed by atoms with Gasteiger partial charge in [-0.25, -0.2) is 13.1 Å². The molecule has 16 heavy (non-hydrogen) atoms. The zero-order valence-corrected chi connectivity index (χ0v) is 9.50. The maximum Gasteiger partial charge on any atom is 0.511 e. The minimum Gasteiger partial charge on any atom is -0.324 e. The van der Waals surface area contributed by atoms with E-state index < -0.39 is 21.1 Å². The fourth-order valence-electron chi connectivity index (χ4n) is 1.75. The summed E-state index contributed by atoms with van der Waals surface area (Å²) >= 11 is 0. The highest BCUT2D eigenvalue weighted by molar-refractivity contribution is 7.90. The summed E-state index contributed by atoms with van der Waals surface area (Å²) in [5.74, 6) is 0. The Balaban J connectivity index is 2.57. The SMILES string of the molecule is NC1(CNS(=O)(=O)C(F)(F)F)CCCCC1. The third-order valence-corrected chi connectivity index (χ3v) is 3.90. The summed E-state index contributed by atoms with van der Waals surface area (Å²) in [6.07, 6.45) is 3.74. The predicted molar refractivity (Wildman–Crippen MR) is 53.0 cm³/mol. The van der Waals surface area contributed by atoms with Crippen LogP contribution >= 0.6 is 0 Å². The van der Waals surface area contributed by atoms with E-state index in [4.69, 9.17) is 5.73 Å². The molecule has 1 saturated carbocycles. The third-order valence-electron chi connectivity index (χ3n) is 2.77. The van der Waals surface area contributed by atoms with Crippen LogP contribution in [-0.4, -0.2) is 26.0 Å². The van der Waals surface area contributed by atoms with E-state index in [1.807, 2.05) is 0 Å². The second-order valence-electron chi connectivity index (χ2n) is 4.19. The summed E-state index contributed by atoms with van der Waals surface area (Å²) in [6.45, 7) is -0.352. The Bertz CT molecular complexity index is 334. The van der Waals surface area contributed by atoms with Crippen LogP contribution in [0.1, 0.15) is 32.1 Å². The van der Waals surface area contributed by atoms with Gasteiger partial charge in [0.25, 0.3) is 0 Å². The first-order chi connectivity index (χ1) is 7.16. The van der Waals surface area contributed by atoms with Gasteiger partial charge in [0, 0.05) is 12.1 Å². The molecule has 0 aromatic carbocycles. The van der Waals surface area contributed by atoms with Gasteiger partial charge in [0.1, 0.15) is 0 Å². The number of nitrogens with two attached hydrogens (primary N) is 1. The molecule has 0 atom stereocenters. The first-order valence-corrected chi connectivity index (χ1v) is 6.49. The molecule has 0 aromatic heterocycles. The summed E-state index contributed by atoms with van der Waals surface area (Å²) in [4.78, 5) is 0. The molecule has 0 aliphatic heterocycles. The van der Waals surface area contributed by atoms with Crippen molar-refractivity contribution in [2.75, 3.05) is 6.54 Å². The van der Waals surface area contributed by atoms with Crippen molar-refractivity contribution < 1.29 is 21.6 Å². The normalized spacial score (nSPS) is 22.0. The van der Waals surface area contributed by atoms with Gasteiger partial charge in [-0.1, -0.05) is 19.3 Å². The van der Waals surface area contributed by atoms with Crippen molar-refractivity contribution in [3.05, 3.63) is 0 Å². The zero-order chi connectivity index (χ0) is 12.4. The van der Waals surface area contributed by atoms with Crippen LogP contribution in [0.15, 0.2) is 0 Å². The van der Waals surface area contributed by atoms with E-state index in [9.17, 15) is 21.6 Å². The average Bonchev–Trinajstić information content (AvgIpc) is 2.15. The number of rotatable bonds is 3. The van der Waals surface area contributed by atoms with Crippen molar-refractivity contribution in [1.82, 2.24) is 4.72 Å². The number of sulfonamides is 1. The van der Waals surface area contributed by atoms with Crippen molar-refractivity contribution in [3.8, 4) is 0 Å². The van der Waals surface area contributed by atoms with Gasteiger partial charge >= 0.3 is 15.5 Å². The lowest BCUT2D eigenvalue weighted by Crippen LogP contribution is -2.53. The number of alkyl halides is 3. The van der Waals surface area contributed by atoms with E-state index >= 15 is 0 Å². The lowest BCUT2D eigenvalue weighted by atomic mass is 9.83. The highest BCUT2D eigenvalue weighted by Gasteiger charge is 2.46. The number of hydrogen-bond donors (Lipinski definition) is 2. The second kappa shape index (κ2) is 4.50. The molecule has 0 heterocycles. The fourth-order valence-corrected chi connectivity index (χ4v) is 2.39. The van der Waals surface area contributed by atoms with Crippen molar-refractivity contribution in [2.24, 2.45) is 5.73 Å². The lowest BCUT2D eigenvalue weighted by molar-refractivity contribution is -0.0449. The van der Waals surface area contributed by atoms with E-state index in [1.165, 1.54) is 4.72 Å². The Hall–Kier alpha value is -0.340. The maximum atomic E-state index is 12.0. The standard InChI is InChI=1S/C8H15F3N2O2S/c9-8(10,11)16(14,15)13-6-7(12)4-2-1-3-5-7/h13H,1-6,12H2. The molecule has 0 radical (unpaired) electrons. The minimum absolute atomic E-state index is 0.352. The zero-order valence-electron chi connectivity index (χ0n) is 8.68. The van der Waals surface area contributed by atoms with Crippen LogP contribution in [0.5, 0.6) is 0 Å². The molecule has 0 unspecified atom stereocenters. The molecule has 0 bridgehead atoms. The second-order valence-corrected chi connectivity index (χ2v) is 5.95. The van der Waals surface area contributed by atoms with Crippen molar-refractivity contribution >= 4 is 10.0 Å². The maximum absolute atomic E-state index is 12.0. The van der Waals surface area contributed by atoms with Crippen molar-refractivity contribution in [2.45, 2.75) is 43.2 Å². The monoisotopic (exact) mass is 260 g/mol. The van der Waals surface area contributed by atoms with Gasteiger partial charge < -0.3 is 5.73 Å². The van der Waals surface area contributed by atoms with Gasteiger partial charge in [-0.2, -0.15) is 13.2 Å². The van der Waals surface area contributed by atoms with Crippen LogP contribution in [-0.2, 0) is 10.0 Å². The van der Waals surface area contributed by atoms with Gasteiger partial charge in [-0.15, -0.1) is 0 Å². The molecule has 0 spiro atoms. The van der Waals surface area contributed by atoms with E-state index in [0.29, 0.717) is 12.8 Å². The van der Waals surface area contributed by atoms with E-state index in [-0.39, 0.29) is 6.54 Å². The largest absolute Gasteiger partial charge is 0.511 e. The van der Waals surface area contributed by atoms with E-state index in [0.717, 1.165) is 19.3 Å². The molecule has 4 nitrogen and oxygen atoms in total. The summed E-state index contributed by atoms with van der Waals surface area (Å²) in [5, 5.41) is 0. The summed E-state index contributed by atoms with van der Waals surface area (Å²) in [5.41, 5.74) is -0.287. The van der Waals surface area contributed by atoms with Crippen molar-refractivity contribution in [3.63, 3.8) is 0 Å². The Morgan fingerprint density at radius 1 is 1.19 bits per heavy atom. The Morgan fingerprint density at radius 2 is 1.69 bits per heavy atom. The molecule has 3 N–H and O–H groups in total. The van der Waals surface area contributed by atoms with Crippen LogP contribution < -0.4 is 10.5 Å². The minimum atomic E-state index is -5.27. The first kappa shape index (κ1) is 13.7. The molecule has 1 aliphatic rings. The van der Waals surface area contributed by atoms with Crippen LogP contribution in [0.2, 0.25) is 0 Å². The molecule has 1 fully saturated rings. The van der Waals surface area contributed by atoms with E-state index in [2.05, 4.69) is 0 Å². The van der Waals surface area contributed by atoms with E-state index in [1.54, 1.807) is 0 Å². The quantitative estimate of drug-likeness (QED) is 0.797. The fraction of sp³-hybridized carbons (Fsp3) is 1.00. The third kappa shape index (κ3) is 3.33. The summed E-state index contributed by atoms with van der Waals surface area (Å²) < 4.78 is 59.1. The number of halogens is 3. The Kier molecular flexibility index (Phi) is 3.86. The molecular formula is C8H15F3N2O2S. The number of hydrogen-bond acceptors (Lipinski definition) is 3. The first-order valence-electron chi connectivity index (χ1n) is 5.01. The van der Waals surface area contributed by atoms with Gasteiger partial charge in [0.15, 0.2) is 0 Å². The predicted octanol–water partition coefficient (Wildman–Crippen LogP) is 1.09. The highest BCUT2D eigenvalue weighted by Crippen LogP contribution is 2.27. The van der Waals surface area contributed by atoms with Gasteiger partial charge in [0.05, 0.1) is 0 Å². The van der Waals surface area contributed by atoms with Gasteiger partial charge in [-0.05, 0) is 12.8 Å². The Labute approximate surface area is 92.4 Å². The molecule has 0 aromatic rings. The average molecular weight is 260 g/mol. The van der Waals surface area contributed by atoms with Gasteiger partial charge in [-0.3, -0.25) is 0 Å². The molecule has 1 aliphatic carbocycles. The van der Waals surface area contributed by atoms with Crippen LogP contribution in [0.25, 0.3) is 0 Å². The van der Waals surface area contributed by atoms with Crippen LogP contribution in [0, 0.1) is 0 Å². The molecule has 0 amide bonds. The molecule has 0 saturated heterocycles. The molecular weight excluding hydrogens is 245 g/mol. The smallest absolute Gasteiger partial charge is 0.324 e. The summed E-state index contributed by atoms with van der Waals surface area (Å²) in [6, 6.07) is 0. The molecule has 8 heteroatoms. The van der Waals surface area contributed by atoms with Gasteiger partial charge in [0.2, 0.25) is 0 Å². The lowest BCUT2D eigenvalue weighted by Gasteiger charge is -2.33.